The minimum Gasteiger partial charge on any atom is -0.490 e. The maximum absolute atomic E-state index is 11.6. The Kier molecular flexibility index (Phi) is 5.15. The molecule has 0 fully saturated rings. The minimum atomic E-state index is -0.533. The molecule has 1 aromatic heterocycles. The summed E-state index contributed by atoms with van der Waals surface area (Å²) < 4.78 is 9.83. The van der Waals surface area contributed by atoms with Crippen LogP contribution in [0.4, 0.5) is 5.82 Å². The number of anilines is 1. The maximum atomic E-state index is 11.6. The van der Waals surface area contributed by atoms with Crippen LogP contribution in [0.1, 0.15) is 13.8 Å². The van der Waals surface area contributed by atoms with Crippen molar-refractivity contribution in [1.29, 1.82) is 0 Å². The van der Waals surface area contributed by atoms with Gasteiger partial charge in [-0.1, -0.05) is 25.4 Å². The molecule has 0 saturated carbocycles. The number of ether oxygens (including phenoxy) is 2. The Bertz CT molecular complexity index is 426. The minimum absolute atomic E-state index is 0.0240. The third-order valence-electron chi connectivity index (χ3n) is 2.38. The van der Waals surface area contributed by atoms with E-state index >= 15 is 0 Å². The van der Waals surface area contributed by atoms with Crippen LogP contribution in [-0.4, -0.2) is 36.2 Å². The predicted octanol–water partition coefficient (Wildman–Crippen LogP) is 1.75. The SMILES string of the molecule is COC(=O)C(Nc1ncnc(Cl)c1OC)C(C)C. The molecular weight excluding hydrogens is 258 g/mol. The number of carbonyl (C=O) groups is 1. The van der Waals surface area contributed by atoms with Gasteiger partial charge in [-0.05, 0) is 5.92 Å². The Balaban J connectivity index is 3.01. The van der Waals surface area contributed by atoms with E-state index in [1.54, 1.807) is 0 Å². The van der Waals surface area contributed by atoms with Crippen molar-refractivity contribution in [2.24, 2.45) is 5.92 Å². The van der Waals surface area contributed by atoms with E-state index in [2.05, 4.69) is 15.3 Å². The van der Waals surface area contributed by atoms with Gasteiger partial charge >= 0.3 is 5.97 Å². The summed E-state index contributed by atoms with van der Waals surface area (Å²) in [6.45, 7) is 3.79. The summed E-state index contributed by atoms with van der Waals surface area (Å²) in [6, 6.07) is -0.533. The Morgan fingerprint density at radius 3 is 2.56 bits per heavy atom. The predicted molar refractivity (Wildman–Crippen MR) is 67.9 cm³/mol. The summed E-state index contributed by atoms with van der Waals surface area (Å²) in [6.07, 6.45) is 1.29. The zero-order valence-electron chi connectivity index (χ0n) is 10.7. The van der Waals surface area contributed by atoms with Crippen molar-refractivity contribution in [3.05, 3.63) is 11.5 Å². The van der Waals surface area contributed by atoms with Crippen LogP contribution in [0.15, 0.2) is 6.33 Å². The van der Waals surface area contributed by atoms with Gasteiger partial charge in [0.25, 0.3) is 0 Å². The van der Waals surface area contributed by atoms with Crippen molar-refractivity contribution in [3.8, 4) is 5.75 Å². The Hall–Kier alpha value is -1.56. The standard InChI is InChI=1S/C11H16ClN3O3/c1-6(2)7(11(16)18-4)15-10-8(17-3)9(12)13-5-14-10/h5-7H,1-4H3,(H,13,14,15). The van der Waals surface area contributed by atoms with Gasteiger partial charge < -0.3 is 14.8 Å². The molecule has 0 aliphatic carbocycles. The smallest absolute Gasteiger partial charge is 0.328 e. The van der Waals surface area contributed by atoms with E-state index in [-0.39, 0.29) is 17.0 Å². The van der Waals surface area contributed by atoms with E-state index in [4.69, 9.17) is 21.1 Å². The molecule has 1 N–H and O–H groups in total. The maximum Gasteiger partial charge on any atom is 0.328 e. The monoisotopic (exact) mass is 273 g/mol. The molecule has 0 aliphatic heterocycles. The number of nitrogens with zero attached hydrogens (tertiary/aromatic N) is 2. The van der Waals surface area contributed by atoms with Crippen LogP contribution in [0.25, 0.3) is 0 Å². The van der Waals surface area contributed by atoms with Crippen LogP contribution < -0.4 is 10.1 Å². The lowest BCUT2D eigenvalue weighted by Gasteiger charge is -2.21. The van der Waals surface area contributed by atoms with E-state index in [1.165, 1.54) is 20.5 Å². The summed E-state index contributed by atoms with van der Waals surface area (Å²) in [5.74, 6) is 0.313. The first kappa shape index (κ1) is 14.5. The molecule has 1 atom stereocenters. The topological polar surface area (TPSA) is 73.3 Å². The zero-order valence-corrected chi connectivity index (χ0v) is 11.5. The van der Waals surface area contributed by atoms with E-state index in [9.17, 15) is 4.79 Å². The Labute approximate surface area is 111 Å². The molecule has 1 heterocycles. The first-order chi connectivity index (χ1) is 8.51. The van der Waals surface area contributed by atoms with Crippen molar-refractivity contribution in [1.82, 2.24) is 9.97 Å². The third-order valence-corrected chi connectivity index (χ3v) is 2.65. The molecule has 100 valence electrons. The first-order valence-corrected chi connectivity index (χ1v) is 5.77. The van der Waals surface area contributed by atoms with E-state index in [0.29, 0.717) is 11.6 Å². The number of carbonyl (C=O) groups excluding carboxylic acids is 1. The second-order valence-electron chi connectivity index (χ2n) is 3.94. The summed E-state index contributed by atoms with van der Waals surface area (Å²) >= 11 is 5.87. The Morgan fingerprint density at radius 1 is 1.39 bits per heavy atom. The fourth-order valence-electron chi connectivity index (χ4n) is 1.41. The van der Waals surface area contributed by atoms with Crippen LogP contribution in [0.5, 0.6) is 5.75 Å². The van der Waals surface area contributed by atoms with Crippen LogP contribution in [0.2, 0.25) is 5.15 Å². The molecule has 0 aliphatic rings. The van der Waals surface area contributed by atoms with Crippen molar-refractivity contribution in [3.63, 3.8) is 0 Å². The highest BCUT2D eigenvalue weighted by molar-refractivity contribution is 6.31. The number of aromatic nitrogens is 2. The lowest BCUT2D eigenvalue weighted by Crippen LogP contribution is -2.35. The summed E-state index contributed by atoms with van der Waals surface area (Å²) in [5.41, 5.74) is 0. The fraction of sp³-hybridized carbons (Fsp3) is 0.545. The van der Waals surface area contributed by atoms with Gasteiger partial charge in [0.2, 0.25) is 0 Å². The van der Waals surface area contributed by atoms with Crippen molar-refractivity contribution in [2.75, 3.05) is 19.5 Å². The van der Waals surface area contributed by atoms with Gasteiger partial charge in [0.05, 0.1) is 14.2 Å². The number of methoxy groups -OCH3 is 2. The van der Waals surface area contributed by atoms with Gasteiger partial charge in [0.15, 0.2) is 16.7 Å². The molecular formula is C11H16ClN3O3. The molecule has 0 amide bonds. The number of halogens is 1. The molecule has 0 bridgehead atoms. The normalized spacial score (nSPS) is 12.1. The van der Waals surface area contributed by atoms with Crippen LogP contribution in [0, 0.1) is 5.92 Å². The van der Waals surface area contributed by atoms with Gasteiger partial charge in [0, 0.05) is 0 Å². The third kappa shape index (κ3) is 3.22. The lowest BCUT2D eigenvalue weighted by atomic mass is 10.0. The summed E-state index contributed by atoms with van der Waals surface area (Å²) in [7, 11) is 2.79. The summed E-state index contributed by atoms with van der Waals surface area (Å²) in [5, 5.41) is 3.14. The molecule has 0 radical (unpaired) electrons. The molecule has 0 spiro atoms. The van der Waals surface area contributed by atoms with Gasteiger partial charge in [-0.3, -0.25) is 0 Å². The first-order valence-electron chi connectivity index (χ1n) is 5.40. The summed E-state index contributed by atoms with van der Waals surface area (Å²) in [4.78, 5) is 19.5. The highest BCUT2D eigenvalue weighted by atomic mass is 35.5. The van der Waals surface area contributed by atoms with Crippen LogP contribution in [0.3, 0.4) is 0 Å². The fourth-order valence-corrected chi connectivity index (χ4v) is 1.62. The second-order valence-corrected chi connectivity index (χ2v) is 4.29. The largest absolute Gasteiger partial charge is 0.490 e. The number of hydrogen-bond donors (Lipinski definition) is 1. The number of esters is 1. The highest BCUT2D eigenvalue weighted by Gasteiger charge is 2.25. The molecule has 0 saturated heterocycles. The molecule has 1 rings (SSSR count). The van der Waals surface area contributed by atoms with Crippen molar-refractivity contribution in [2.45, 2.75) is 19.9 Å². The lowest BCUT2D eigenvalue weighted by molar-refractivity contribution is -0.142. The van der Waals surface area contributed by atoms with E-state index in [0.717, 1.165) is 0 Å². The van der Waals surface area contributed by atoms with Gasteiger partial charge in [-0.2, -0.15) is 0 Å². The molecule has 1 unspecified atom stereocenters. The average molecular weight is 274 g/mol. The van der Waals surface area contributed by atoms with E-state index < -0.39 is 6.04 Å². The quantitative estimate of drug-likeness (QED) is 0.651. The van der Waals surface area contributed by atoms with Crippen molar-refractivity contribution >= 4 is 23.4 Å². The molecule has 0 aromatic carbocycles. The Morgan fingerprint density at radius 2 is 2.06 bits per heavy atom. The van der Waals surface area contributed by atoms with E-state index in [1.807, 2.05) is 13.8 Å². The molecule has 6 nitrogen and oxygen atoms in total. The van der Waals surface area contributed by atoms with Gasteiger partial charge in [-0.25, -0.2) is 14.8 Å². The van der Waals surface area contributed by atoms with Crippen molar-refractivity contribution < 1.29 is 14.3 Å². The molecule has 7 heteroatoms. The van der Waals surface area contributed by atoms with Gasteiger partial charge in [-0.15, -0.1) is 0 Å². The average Bonchev–Trinajstić information content (AvgIpc) is 2.34. The highest BCUT2D eigenvalue weighted by Crippen LogP contribution is 2.29. The number of nitrogens with one attached hydrogen (secondary N) is 1. The van der Waals surface area contributed by atoms with Crippen LogP contribution in [-0.2, 0) is 9.53 Å². The van der Waals surface area contributed by atoms with Gasteiger partial charge in [0.1, 0.15) is 12.4 Å². The van der Waals surface area contributed by atoms with Crippen LogP contribution >= 0.6 is 11.6 Å². The molecule has 18 heavy (non-hydrogen) atoms. The zero-order chi connectivity index (χ0) is 13.7. The number of hydrogen-bond acceptors (Lipinski definition) is 6. The number of rotatable bonds is 5. The molecule has 1 aromatic rings. The second kappa shape index (κ2) is 6.39.